The van der Waals surface area contributed by atoms with Gasteiger partial charge in [0.2, 0.25) is 0 Å². The van der Waals surface area contributed by atoms with Crippen LogP contribution in [0.1, 0.15) is 43.1 Å². The van der Waals surface area contributed by atoms with Crippen LogP contribution in [0.3, 0.4) is 0 Å². The fourth-order valence-corrected chi connectivity index (χ4v) is 3.66. The first-order valence-corrected chi connectivity index (χ1v) is 9.83. The van der Waals surface area contributed by atoms with Gasteiger partial charge < -0.3 is 21.2 Å². The maximum absolute atomic E-state index is 14.0. The van der Waals surface area contributed by atoms with Crippen molar-refractivity contribution in [2.45, 2.75) is 26.4 Å². The molecule has 0 aliphatic carbocycles. The molecule has 7 nitrogen and oxygen atoms in total. The molecule has 30 heavy (non-hydrogen) atoms. The molecule has 156 valence electrons. The first-order chi connectivity index (χ1) is 14.4. The lowest BCUT2D eigenvalue weighted by atomic mass is 9.97. The first-order valence-electron chi connectivity index (χ1n) is 9.39. The third kappa shape index (κ3) is 4.20. The molecule has 1 aromatic carbocycles. The Kier molecular flexibility index (Phi) is 6.51. The predicted octanol–water partition coefficient (Wildman–Crippen LogP) is 4.95. The number of anilines is 1. The van der Waals surface area contributed by atoms with E-state index >= 15 is 0 Å². The Balaban J connectivity index is 2.35. The van der Waals surface area contributed by atoms with Gasteiger partial charge in [0.15, 0.2) is 11.6 Å². The molecular weight excluding hydrogens is 403 g/mol. The highest BCUT2D eigenvalue weighted by atomic mass is 32.1. The summed E-state index contributed by atoms with van der Waals surface area (Å²) in [5, 5.41) is 14.8. The van der Waals surface area contributed by atoms with Gasteiger partial charge in [0.05, 0.1) is 11.4 Å². The van der Waals surface area contributed by atoms with Crippen LogP contribution < -0.4 is 15.8 Å². The molecule has 0 fully saturated rings. The number of nitrogen functional groups attached to an aromatic ring is 1. The SMILES string of the molecule is CCN/C1=C(\N=N)C/C(C=N)=C(/S)c2ccc(F)cc2[C@@H](C)Oc2cc1cnc2N. The summed E-state index contributed by atoms with van der Waals surface area (Å²) in [5.74, 6) is 0.125. The van der Waals surface area contributed by atoms with Crippen molar-refractivity contribution in [1.29, 1.82) is 10.9 Å². The normalized spacial score (nSPS) is 21.5. The number of nitrogens with two attached hydrogens (primary N) is 1. The lowest BCUT2D eigenvalue weighted by molar-refractivity contribution is 0.226. The van der Waals surface area contributed by atoms with E-state index in [4.69, 9.17) is 21.4 Å². The van der Waals surface area contributed by atoms with Crippen LogP contribution in [0.4, 0.5) is 10.2 Å². The second kappa shape index (κ2) is 9.08. The van der Waals surface area contributed by atoms with Crippen molar-refractivity contribution in [2.24, 2.45) is 5.11 Å². The fraction of sp³-hybridized carbons (Fsp3) is 0.238. The second-order valence-corrected chi connectivity index (χ2v) is 7.21. The molecule has 1 aliphatic rings. The number of allylic oxidation sites excluding steroid dienone is 1. The Bertz CT molecular complexity index is 1070. The van der Waals surface area contributed by atoms with Crippen molar-refractivity contribution >= 4 is 35.3 Å². The molecule has 0 unspecified atom stereocenters. The largest absolute Gasteiger partial charge is 0.482 e. The molecule has 1 atom stereocenters. The number of hydrogen-bond acceptors (Lipinski definition) is 8. The highest BCUT2D eigenvalue weighted by Gasteiger charge is 2.21. The smallest absolute Gasteiger partial charge is 0.166 e. The topological polar surface area (TPSA) is 120 Å². The van der Waals surface area contributed by atoms with Gasteiger partial charge in [0, 0.05) is 41.4 Å². The molecule has 1 aromatic heterocycles. The first kappa shape index (κ1) is 21.5. The van der Waals surface area contributed by atoms with Gasteiger partial charge in [-0.3, -0.25) is 0 Å². The van der Waals surface area contributed by atoms with Gasteiger partial charge in [-0.15, -0.1) is 12.6 Å². The molecule has 5 N–H and O–H groups in total. The lowest BCUT2D eigenvalue weighted by Gasteiger charge is -2.22. The van der Waals surface area contributed by atoms with Crippen molar-refractivity contribution in [3.63, 3.8) is 0 Å². The van der Waals surface area contributed by atoms with Crippen LogP contribution >= 0.6 is 12.6 Å². The molecule has 0 saturated carbocycles. The van der Waals surface area contributed by atoms with E-state index in [0.717, 1.165) is 0 Å². The van der Waals surface area contributed by atoms with E-state index in [2.05, 4.69) is 28.0 Å². The Morgan fingerprint density at radius 1 is 1.43 bits per heavy atom. The summed E-state index contributed by atoms with van der Waals surface area (Å²) in [5.41, 5.74) is 17.1. The summed E-state index contributed by atoms with van der Waals surface area (Å²) in [4.78, 5) is 4.71. The number of thiol groups is 1. The average molecular weight is 427 g/mol. The summed E-state index contributed by atoms with van der Waals surface area (Å²) in [6.45, 7) is 4.30. The Labute approximate surface area is 179 Å². The zero-order valence-electron chi connectivity index (χ0n) is 16.7. The number of rotatable bonds is 4. The molecule has 0 spiro atoms. The van der Waals surface area contributed by atoms with E-state index in [1.807, 2.05) is 6.92 Å². The van der Waals surface area contributed by atoms with Gasteiger partial charge >= 0.3 is 0 Å². The van der Waals surface area contributed by atoms with Gasteiger partial charge in [-0.1, -0.05) is 6.07 Å². The van der Waals surface area contributed by atoms with Crippen molar-refractivity contribution in [3.05, 3.63) is 64.2 Å². The van der Waals surface area contributed by atoms with E-state index in [-0.39, 0.29) is 12.2 Å². The van der Waals surface area contributed by atoms with E-state index in [9.17, 15) is 4.39 Å². The zero-order chi connectivity index (χ0) is 21.8. The number of pyridine rings is 1. The van der Waals surface area contributed by atoms with Crippen LogP contribution in [0.2, 0.25) is 0 Å². The molecule has 0 saturated heterocycles. The molecule has 3 rings (SSSR count). The average Bonchev–Trinajstić information content (AvgIpc) is 2.74. The third-order valence-electron chi connectivity index (χ3n) is 4.79. The number of halogens is 1. The molecule has 1 aliphatic heterocycles. The molecule has 9 heteroatoms. The molecule has 2 heterocycles. The maximum Gasteiger partial charge on any atom is 0.166 e. The number of nitrogens with one attached hydrogen (secondary N) is 3. The second-order valence-electron chi connectivity index (χ2n) is 6.76. The number of aromatic nitrogens is 1. The van der Waals surface area contributed by atoms with Crippen LogP contribution in [-0.2, 0) is 0 Å². The van der Waals surface area contributed by atoms with Crippen molar-refractivity contribution < 1.29 is 9.13 Å². The highest BCUT2D eigenvalue weighted by Crippen LogP contribution is 2.37. The zero-order valence-corrected chi connectivity index (χ0v) is 17.6. The van der Waals surface area contributed by atoms with E-state index in [1.54, 1.807) is 25.3 Å². The number of nitrogens with zero attached hydrogens (tertiary/aromatic N) is 2. The van der Waals surface area contributed by atoms with Gasteiger partial charge in [-0.05, 0) is 43.2 Å². The van der Waals surface area contributed by atoms with Crippen LogP contribution in [-0.4, -0.2) is 17.7 Å². The summed E-state index contributed by atoms with van der Waals surface area (Å²) < 4.78 is 20.1. The van der Waals surface area contributed by atoms with E-state index in [1.165, 1.54) is 18.3 Å². The summed E-state index contributed by atoms with van der Waals surface area (Å²) in [6, 6.07) is 6.04. The van der Waals surface area contributed by atoms with Gasteiger partial charge in [-0.25, -0.2) is 14.9 Å². The van der Waals surface area contributed by atoms with Crippen LogP contribution in [0.5, 0.6) is 5.75 Å². The number of benzene rings is 1. The minimum Gasteiger partial charge on any atom is -0.482 e. The summed E-state index contributed by atoms with van der Waals surface area (Å²) in [6.07, 6.45) is 2.37. The van der Waals surface area contributed by atoms with Crippen molar-refractivity contribution in [2.75, 3.05) is 12.3 Å². The summed E-state index contributed by atoms with van der Waals surface area (Å²) >= 11 is 4.64. The molecule has 2 bridgehead atoms. The number of hydrogen-bond donors (Lipinski definition) is 5. The monoisotopic (exact) mass is 426 g/mol. The summed E-state index contributed by atoms with van der Waals surface area (Å²) in [7, 11) is 0. The van der Waals surface area contributed by atoms with E-state index < -0.39 is 11.9 Å². The minimum absolute atomic E-state index is 0.180. The third-order valence-corrected chi connectivity index (χ3v) is 5.32. The van der Waals surface area contributed by atoms with Crippen molar-refractivity contribution in [3.8, 4) is 5.75 Å². The van der Waals surface area contributed by atoms with Crippen LogP contribution in [0.25, 0.3) is 10.6 Å². The lowest BCUT2D eigenvalue weighted by Crippen LogP contribution is -2.15. The van der Waals surface area contributed by atoms with Crippen molar-refractivity contribution in [1.82, 2.24) is 10.3 Å². The molecule has 0 amide bonds. The Hall–Kier alpha value is -3.20. The highest BCUT2D eigenvalue weighted by molar-refractivity contribution is 7.90. The Morgan fingerprint density at radius 2 is 2.20 bits per heavy atom. The fourth-order valence-electron chi connectivity index (χ4n) is 3.31. The molecule has 2 aromatic rings. The minimum atomic E-state index is -0.560. The van der Waals surface area contributed by atoms with Crippen LogP contribution in [0, 0.1) is 16.8 Å². The standard InChI is InChI=1S/C21H23FN6OS/c1-3-26-19-13-7-18(21(24)27-10-13)29-11(2)16-8-14(22)4-5-15(16)20(30)12(9-23)6-17(19)28-25/h4-5,7-11,23,25-26,30H,3,6H2,1-2H3,(H2,24,27)/b19-17-,20-12-,23-9?,28-25?/t11-/m1/s1. The van der Waals surface area contributed by atoms with Gasteiger partial charge in [-0.2, -0.15) is 5.11 Å². The van der Waals surface area contributed by atoms with Gasteiger partial charge in [0.1, 0.15) is 11.9 Å². The number of fused-ring (bicyclic) bond motifs is 3. The van der Waals surface area contributed by atoms with Gasteiger partial charge in [0.25, 0.3) is 0 Å². The predicted molar refractivity (Wildman–Crippen MR) is 119 cm³/mol. The molecular formula is C21H23FN6OS. The number of ether oxygens (including phenoxy) is 1. The quantitative estimate of drug-likeness (QED) is 0.270. The van der Waals surface area contributed by atoms with Crippen LogP contribution in [0.15, 0.2) is 46.8 Å². The van der Waals surface area contributed by atoms with E-state index in [0.29, 0.717) is 50.9 Å². The molecule has 0 radical (unpaired) electrons. The Morgan fingerprint density at radius 3 is 2.87 bits per heavy atom. The maximum atomic E-state index is 14.0.